The first kappa shape index (κ1) is 17.0. The predicted octanol–water partition coefficient (Wildman–Crippen LogP) is 0.944. The molecule has 3 heterocycles. The van der Waals surface area contributed by atoms with Crippen LogP contribution in [-0.2, 0) is 7.05 Å². The monoisotopic (exact) mass is 346 g/mol. The van der Waals surface area contributed by atoms with E-state index in [1.807, 2.05) is 4.90 Å². The van der Waals surface area contributed by atoms with Gasteiger partial charge in [-0.15, -0.1) is 5.10 Å². The van der Waals surface area contributed by atoms with E-state index in [-0.39, 0.29) is 11.9 Å². The number of rotatable bonds is 5. The van der Waals surface area contributed by atoms with E-state index in [0.717, 1.165) is 18.7 Å². The van der Waals surface area contributed by atoms with Crippen LogP contribution in [0.15, 0.2) is 18.6 Å². The molecule has 1 N–H and O–H groups in total. The van der Waals surface area contributed by atoms with E-state index < -0.39 is 0 Å². The maximum absolute atomic E-state index is 12.7. The molecule has 0 aliphatic carbocycles. The van der Waals surface area contributed by atoms with Crippen LogP contribution in [0.3, 0.4) is 0 Å². The number of carbonyl (C=O) groups is 1. The lowest BCUT2D eigenvalue weighted by molar-refractivity contribution is 0.0715. The number of hydrogen-bond acceptors (Lipinski definition) is 7. The molecule has 1 saturated heterocycles. The number of anilines is 1. The Hall–Kier alpha value is -2.84. The summed E-state index contributed by atoms with van der Waals surface area (Å²) in [7, 11) is 4.86. The zero-order valence-corrected chi connectivity index (χ0v) is 14.6. The molecule has 3 rings (SSSR count). The van der Waals surface area contributed by atoms with Crippen molar-refractivity contribution >= 4 is 11.7 Å². The van der Waals surface area contributed by atoms with Gasteiger partial charge in [0.2, 0.25) is 11.8 Å². The average molecular weight is 346 g/mol. The molecule has 9 nitrogen and oxygen atoms in total. The third-order valence-corrected chi connectivity index (χ3v) is 4.20. The van der Waals surface area contributed by atoms with Crippen molar-refractivity contribution in [3.8, 4) is 11.8 Å². The van der Waals surface area contributed by atoms with Crippen LogP contribution in [0.25, 0.3) is 0 Å². The van der Waals surface area contributed by atoms with E-state index in [0.29, 0.717) is 30.4 Å². The highest BCUT2D eigenvalue weighted by atomic mass is 16.5. The smallest absolute Gasteiger partial charge is 0.260 e. The van der Waals surface area contributed by atoms with Crippen molar-refractivity contribution in [3.63, 3.8) is 0 Å². The Kier molecular flexibility index (Phi) is 5.01. The van der Waals surface area contributed by atoms with Gasteiger partial charge in [-0.25, -0.2) is 9.97 Å². The van der Waals surface area contributed by atoms with Crippen molar-refractivity contribution in [1.29, 1.82) is 0 Å². The van der Waals surface area contributed by atoms with Crippen LogP contribution >= 0.6 is 0 Å². The second-order valence-electron chi connectivity index (χ2n) is 5.88. The third-order valence-electron chi connectivity index (χ3n) is 4.20. The SMILES string of the molecule is COc1cc(NC2CCN(C(=O)c3cn(C)nc3OC)CC2)ncn1. The number of hydrogen-bond donors (Lipinski definition) is 1. The van der Waals surface area contributed by atoms with E-state index in [4.69, 9.17) is 9.47 Å². The third kappa shape index (κ3) is 3.81. The normalized spacial score (nSPS) is 15.1. The fourth-order valence-corrected chi connectivity index (χ4v) is 2.90. The summed E-state index contributed by atoms with van der Waals surface area (Å²) in [6.07, 6.45) is 4.83. The van der Waals surface area contributed by atoms with E-state index in [1.54, 1.807) is 31.1 Å². The molecule has 1 fully saturated rings. The van der Waals surface area contributed by atoms with Gasteiger partial charge in [0, 0.05) is 38.4 Å². The van der Waals surface area contributed by atoms with Crippen molar-refractivity contribution < 1.29 is 14.3 Å². The Labute approximate surface area is 146 Å². The van der Waals surface area contributed by atoms with Gasteiger partial charge < -0.3 is 19.7 Å². The van der Waals surface area contributed by atoms with Crippen molar-refractivity contribution in [2.75, 3.05) is 32.6 Å². The first-order valence-electron chi connectivity index (χ1n) is 8.10. The van der Waals surface area contributed by atoms with Crippen LogP contribution in [0.2, 0.25) is 0 Å². The first-order chi connectivity index (χ1) is 12.1. The first-order valence-corrected chi connectivity index (χ1v) is 8.10. The molecule has 134 valence electrons. The maximum Gasteiger partial charge on any atom is 0.260 e. The number of likely N-dealkylation sites (tertiary alicyclic amines) is 1. The van der Waals surface area contributed by atoms with Gasteiger partial charge in [0.05, 0.1) is 14.2 Å². The van der Waals surface area contributed by atoms with Gasteiger partial charge in [0.1, 0.15) is 17.7 Å². The summed E-state index contributed by atoms with van der Waals surface area (Å²) in [4.78, 5) is 22.7. The van der Waals surface area contributed by atoms with Crippen LogP contribution in [-0.4, -0.2) is 63.9 Å². The number of nitrogens with one attached hydrogen (secondary N) is 1. The van der Waals surface area contributed by atoms with E-state index in [9.17, 15) is 4.79 Å². The molecule has 0 radical (unpaired) electrons. The average Bonchev–Trinajstić information content (AvgIpc) is 3.03. The lowest BCUT2D eigenvalue weighted by atomic mass is 10.0. The lowest BCUT2D eigenvalue weighted by Gasteiger charge is -2.32. The Morgan fingerprint density at radius 3 is 2.68 bits per heavy atom. The highest BCUT2D eigenvalue weighted by Gasteiger charge is 2.27. The van der Waals surface area contributed by atoms with Crippen LogP contribution in [0, 0.1) is 0 Å². The molecule has 0 unspecified atom stereocenters. The number of aromatic nitrogens is 4. The molecule has 2 aromatic heterocycles. The number of ether oxygens (including phenoxy) is 2. The Bertz CT molecular complexity index is 739. The number of methoxy groups -OCH3 is 2. The van der Waals surface area contributed by atoms with Crippen LogP contribution in [0.4, 0.5) is 5.82 Å². The number of nitrogens with zero attached hydrogens (tertiary/aromatic N) is 5. The summed E-state index contributed by atoms with van der Waals surface area (Å²) in [5, 5.41) is 7.51. The lowest BCUT2D eigenvalue weighted by Crippen LogP contribution is -2.42. The molecule has 0 aromatic carbocycles. The molecule has 0 saturated carbocycles. The zero-order valence-electron chi connectivity index (χ0n) is 14.6. The zero-order chi connectivity index (χ0) is 17.8. The molecular formula is C16H22N6O3. The largest absolute Gasteiger partial charge is 0.481 e. The maximum atomic E-state index is 12.7. The van der Waals surface area contributed by atoms with Gasteiger partial charge in [-0.05, 0) is 12.8 Å². The van der Waals surface area contributed by atoms with Gasteiger partial charge in [0.15, 0.2) is 0 Å². The highest BCUT2D eigenvalue weighted by Crippen LogP contribution is 2.22. The second kappa shape index (κ2) is 7.37. The predicted molar refractivity (Wildman–Crippen MR) is 90.9 cm³/mol. The summed E-state index contributed by atoms with van der Waals surface area (Å²) >= 11 is 0. The van der Waals surface area contributed by atoms with Crippen LogP contribution in [0.1, 0.15) is 23.2 Å². The Balaban J connectivity index is 1.58. The minimum atomic E-state index is -0.0490. The summed E-state index contributed by atoms with van der Waals surface area (Å²) in [5.74, 6) is 1.56. The highest BCUT2D eigenvalue weighted by molar-refractivity contribution is 5.96. The van der Waals surface area contributed by atoms with Gasteiger partial charge in [-0.1, -0.05) is 0 Å². The van der Waals surface area contributed by atoms with Gasteiger partial charge in [-0.2, -0.15) is 0 Å². The molecule has 9 heteroatoms. The molecule has 1 aliphatic heterocycles. The fourth-order valence-electron chi connectivity index (χ4n) is 2.90. The molecule has 1 aliphatic rings. The van der Waals surface area contributed by atoms with E-state index >= 15 is 0 Å². The molecule has 2 aromatic rings. The summed E-state index contributed by atoms with van der Waals surface area (Å²) in [5.41, 5.74) is 0.497. The molecule has 0 bridgehead atoms. The van der Waals surface area contributed by atoms with E-state index in [1.165, 1.54) is 13.4 Å². The quantitative estimate of drug-likeness (QED) is 0.861. The second-order valence-corrected chi connectivity index (χ2v) is 5.88. The van der Waals surface area contributed by atoms with Gasteiger partial charge in [-0.3, -0.25) is 9.48 Å². The van der Waals surface area contributed by atoms with Crippen LogP contribution in [0.5, 0.6) is 11.8 Å². The van der Waals surface area contributed by atoms with Crippen molar-refractivity contribution in [2.45, 2.75) is 18.9 Å². The summed E-state index contributed by atoms with van der Waals surface area (Å²) < 4.78 is 11.9. The molecule has 0 spiro atoms. The number of aryl methyl sites for hydroxylation is 1. The van der Waals surface area contributed by atoms with Crippen molar-refractivity contribution in [2.24, 2.45) is 7.05 Å². The van der Waals surface area contributed by atoms with Crippen LogP contribution < -0.4 is 14.8 Å². The Morgan fingerprint density at radius 2 is 2.00 bits per heavy atom. The van der Waals surface area contributed by atoms with E-state index in [2.05, 4.69) is 20.4 Å². The number of carbonyl (C=O) groups excluding carboxylic acids is 1. The molecular weight excluding hydrogens is 324 g/mol. The fraction of sp³-hybridized carbons (Fsp3) is 0.500. The standard InChI is InChI=1S/C16H22N6O3/c1-21-9-12(15(20-21)25-3)16(23)22-6-4-11(5-7-22)19-13-8-14(24-2)18-10-17-13/h8-11H,4-7H2,1-3H3,(H,17,18,19). The van der Waals surface area contributed by atoms with Crippen molar-refractivity contribution in [1.82, 2.24) is 24.6 Å². The number of amides is 1. The number of piperidine rings is 1. The molecule has 25 heavy (non-hydrogen) atoms. The minimum Gasteiger partial charge on any atom is -0.481 e. The topological polar surface area (TPSA) is 94.4 Å². The van der Waals surface area contributed by atoms with Gasteiger partial charge in [0.25, 0.3) is 5.91 Å². The van der Waals surface area contributed by atoms with Gasteiger partial charge >= 0.3 is 0 Å². The van der Waals surface area contributed by atoms with Crippen molar-refractivity contribution in [3.05, 3.63) is 24.2 Å². The molecule has 1 amide bonds. The molecule has 0 atom stereocenters. The minimum absolute atomic E-state index is 0.0490. The summed E-state index contributed by atoms with van der Waals surface area (Å²) in [6, 6.07) is 2.01. The summed E-state index contributed by atoms with van der Waals surface area (Å²) in [6.45, 7) is 1.33. The Morgan fingerprint density at radius 1 is 1.24 bits per heavy atom.